The van der Waals surface area contributed by atoms with Crippen molar-refractivity contribution in [2.24, 2.45) is 11.8 Å². The molecular weight excluding hydrogens is 326 g/mol. The molecule has 1 aromatic rings. The molecule has 0 amide bonds. The molecule has 0 saturated heterocycles. The summed E-state index contributed by atoms with van der Waals surface area (Å²) in [6.45, 7) is 2.47. The minimum Gasteiger partial charge on any atom is -0.367 e. The van der Waals surface area contributed by atoms with Crippen LogP contribution in [0.1, 0.15) is 18.5 Å². The van der Waals surface area contributed by atoms with Crippen LogP contribution in [0.4, 0.5) is 0 Å². The highest BCUT2D eigenvalue weighted by Gasteiger charge is 2.36. The van der Waals surface area contributed by atoms with Gasteiger partial charge < -0.3 is 4.90 Å². The smallest absolute Gasteiger partial charge is 0.264 e. The van der Waals surface area contributed by atoms with Crippen molar-refractivity contribution in [3.63, 3.8) is 0 Å². The molecule has 5 nitrogen and oxygen atoms in total. The Kier molecular flexibility index (Phi) is 4.60. The van der Waals surface area contributed by atoms with Gasteiger partial charge in [-0.3, -0.25) is 8.98 Å². The predicted molar refractivity (Wildman–Crippen MR) is 91.6 cm³/mol. The van der Waals surface area contributed by atoms with E-state index in [0.29, 0.717) is 6.54 Å². The summed E-state index contributed by atoms with van der Waals surface area (Å²) in [7, 11) is -3.53. The molecule has 1 heterocycles. The van der Waals surface area contributed by atoms with E-state index in [9.17, 15) is 13.2 Å². The number of carbonyl (C=O) groups excluding carboxylic acids is 1. The standard InChI is InChI=1S/C18H21NO4S/c1-13-8-9-15-10-19(11-16(15)18(13)20)17(12-23-24(2,21)22)14-6-4-3-5-7-14/h3-10,13,16-17H,11-12H2,1-2H3. The number of ketones is 1. The number of nitrogens with zero attached hydrogens (tertiary/aromatic N) is 1. The summed E-state index contributed by atoms with van der Waals surface area (Å²) in [5, 5.41) is 0. The highest BCUT2D eigenvalue weighted by molar-refractivity contribution is 7.85. The lowest BCUT2D eigenvalue weighted by Crippen LogP contribution is -2.32. The maximum Gasteiger partial charge on any atom is 0.264 e. The Morgan fingerprint density at radius 3 is 2.67 bits per heavy atom. The van der Waals surface area contributed by atoms with Crippen LogP contribution in [0.2, 0.25) is 0 Å². The van der Waals surface area contributed by atoms with Gasteiger partial charge in [-0.1, -0.05) is 49.4 Å². The van der Waals surface area contributed by atoms with Crippen molar-refractivity contribution in [2.75, 3.05) is 19.4 Å². The number of benzene rings is 1. The van der Waals surface area contributed by atoms with Crippen molar-refractivity contribution in [3.05, 3.63) is 59.8 Å². The van der Waals surface area contributed by atoms with Crippen molar-refractivity contribution < 1.29 is 17.4 Å². The predicted octanol–water partition coefficient (Wildman–Crippen LogP) is 2.29. The fourth-order valence-corrected chi connectivity index (χ4v) is 3.57. The van der Waals surface area contributed by atoms with E-state index < -0.39 is 10.1 Å². The van der Waals surface area contributed by atoms with E-state index in [2.05, 4.69) is 0 Å². The van der Waals surface area contributed by atoms with Crippen LogP contribution in [0.5, 0.6) is 0 Å². The van der Waals surface area contributed by atoms with Crippen LogP contribution in [0.25, 0.3) is 0 Å². The molecule has 24 heavy (non-hydrogen) atoms. The Balaban J connectivity index is 1.86. The average molecular weight is 347 g/mol. The zero-order valence-electron chi connectivity index (χ0n) is 13.8. The zero-order chi connectivity index (χ0) is 17.3. The summed E-state index contributed by atoms with van der Waals surface area (Å²) in [4.78, 5) is 14.4. The lowest BCUT2D eigenvalue weighted by Gasteiger charge is -2.29. The van der Waals surface area contributed by atoms with Crippen LogP contribution in [-0.4, -0.2) is 38.5 Å². The van der Waals surface area contributed by atoms with E-state index in [1.54, 1.807) is 0 Å². The van der Waals surface area contributed by atoms with Gasteiger partial charge in [-0.05, 0) is 11.1 Å². The Labute approximate surface area is 142 Å². The van der Waals surface area contributed by atoms with Crippen molar-refractivity contribution in [3.8, 4) is 0 Å². The number of rotatable bonds is 5. The van der Waals surface area contributed by atoms with Gasteiger partial charge in [0.25, 0.3) is 10.1 Å². The highest BCUT2D eigenvalue weighted by Crippen LogP contribution is 2.35. The van der Waals surface area contributed by atoms with Gasteiger partial charge in [0.15, 0.2) is 0 Å². The quantitative estimate of drug-likeness (QED) is 0.765. The van der Waals surface area contributed by atoms with Gasteiger partial charge in [-0.2, -0.15) is 8.42 Å². The monoisotopic (exact) mass is 347 g/mol. The molecule has 3 atom stereocenters. The van der Waals surface area contributed by atoms with Crippen molar-refractivity contribution in [1.29, 1.82) is 0 Å². The molecule has 0 radical (unpaired) electrons. The molecule has 0 bridgehead atoms. The summed E-state index contributed by atoms with van der Waals surface area (Å²) < 4.78 is 27.9. The molecule has 128 valence electrons. The minimum atomic E-state index is -3.53. The number of allylic oxidation sites excluding steroid dienone is 2. The second kappa shape index (κ2) is 6.53. The van der Waals surface area contributed by atoms with E-state index in [1.165, 1.54) is 0 Å². The third-order valence-corrected chi connectivity index (χ3v) is 5.07. The summed E-state index contributed by atoms with van der Waals surface area (Å²) in [6, 6.07) is 9.36. The first kappa shape index (κ1) is 16.9. The third kappa shape index (κ3) is 3.60. The van der Waals surface area contributed by atoms with E-state index in [-0.39, 0.29) is 30.3 Å². The molecule has 3 rings (SSSR count). The summed E-state index contributed by atoms with van der Waals surface area (Å²) in [5.41, 5.74) is 1.94. The number of hydrogen-bond donors (Lipinski definition) is 0. The van der Waals surface area contributed by atoms with Crippen LogP contribution in [0, 0.1) is 11.8 Å². The molecule has 1 aliphatic heterocycles. The molecule has 0 saturated carbocycles. The van der Waals surface area contributed by atoms with Gasteiger partial charge in [0.2, 0.25) is 0 Å². The maximum atomic E-state index is 12.4. The van der Waals surface area contributed by atoms with Gasteiger partial charge >= 0.3 is 0 Å². The fourth-order valence-electron chi connectivity index (χ4n) is 3.20. The number of Topliss-reactive ketones (excluding diaryl/α,β-unsaturated/α-hetero) is 1. The van der Waals surface area contributed by atoms with Gasteiger partial charge in [-0.25, -0.2) is 0 Å². The highest BCUT2D eigenvalue weighted by atomic mass is 32.2. The number of hydrogen-bond acceptors (Lipinski definition) is 5. The maximum absolute atomic E-state index is 12.4. The Bertz CT molecular complexity index is 782. The van der Waals surface area contributed by atoms with Crippen LogP contribution >= 0.6 is 0 Å². The molecule has 0 fully saturated rings. The fraction of sp³-hybridized carbons (Fsp3) is 0.389. The van der Waals surface area contributed by atoms with Crippen LogP contribution < -0.4 is 0 Å². The second-order valence-electron chi connectivity index (χ2n) is 6.34. The van der Waals surface area contributed by atoms with E-state index in [4.69, 9.17) is 4.18 Å². The van der Waals surface area contributed by atoms with Crippen molar-refractivity contribution in [1.82, 2.24) is 4.90 Å². The Hall–Kier alpha value is -1.92. The minimum absolute atomic E-state index is 0.0206. The molecule has 0 spiro atoms. The first-order valence-corrected chi connectivity index (χ1v) is 9.75. The van der Waals surface area contributed by atoms with Gasteiger partial charge in [0, 0.05) is 18.7 Å². The van der Waals surface area contributed by atoms with E-state index in [0.717, 1.165) is 17.4 Å². The number of fused-ring (bicyclic) bond motifs is 1. The second-order valence-corrected chi connectivity index (χ2v) is 7.99. The van der Waals surface area contributed by atoms with Gasteiger partial charge in [0.1, 0.15) is 5.78 Å². The lowest BCUT2D eigenvalue weighted by molar-refractivity contribution is -0.124. The molecule has 3 unspecified atom stereocenters. The first-order valence-electron chi connectivity index (χ1n) is 7.94. The number of carbonyl (C=O) groups is 1. The van der Waals surface area contributed by atoms with Gasteiger partial charge in [-0.15, -0.1) is 0 Å². The normalized spacial score (nSPS) is 24.7. The molecule has 1 aromatic carbocycles. The lowest BCUT2D eigenvalue weighted by atomic mass is 9.84. The summed E-state index contributed by atoms with van der Waals surface area (Å²) in [5.74, 6) is -0.00826. The topological polar surface area (TPSA) is 63.7 Å². The Morgan fingerprint density at radius 1 is 1.29 bits per heavy atom. The SMILES string of the molecule is CC1C=CC2=CN(C(COS(C)(=O)=O)c3ccccc3)CC2C1=O. The van der Waals surface area contributed by atoms with Crippen LogP contribution in [0.15, 0.2) is 54.3 Å². The van der Waals surface area contributed by atoms with Crippen molar-refractivity contribution in [2.45, 2.75) is 13.0 Å². The third-order valence-electron chi connectivity index (χ3n) is 4.50. The molecule has 2 aliphatic rings. The molecular formula is C18H21NO4S. The van der Waals surface area contributed by atoms with Crippen LogP contribution in [-0.2, 0) is 19.1 Å². The largest absolute Gasteiger partial charge is 0.367 e. The molecule has 0 N–H and O–H groups in total. The molecule has 6 heteroatoms. The van der Waals surface area contributed by atoms with Crippen molar-refractivity contribution >= 4 is 15.9 Å². The summed E-state index contributed by atoms with van der Waals surface area (Å²) >= 11 is 0. The Morgan fingerprint density at radius 2 is 2.00 bits per heavy atom. The summed E-state index contributed by atoms with van der Waals surface area (Å²) in [6.07, 6.45) is 6.91. The van der Waals surface area contributed by atoms with Gasteiger partial charge in [0.05, 0.1) is 24.8 Å². The average Bonchev–Trinajstić information content (AvgIpc) is 2.96. The van der Waals surface area contributed by atoms with E-state index in [1.807, 2.05) is 60.5 Å². The van der Waals surface area contributed by atoms with Crippen LogP contribution in [0.3, 0.4) is 0 Å². The first-order chi connectivity index (χ1) is 11.3. The van der Waals surface area contributed by atoms with E-state index >= 15 is 0 Å². The molecule has 1 aliphatic carbocycles. The molecule has 0 aromatic heterocycles. The zero-order valence-corrected chi connectivity index (χ0v) is 14.6.